The van der Waals surface area contributed by atoms with Crippen molar-refractivity contribution in [1.82, 2.24) is 9.97 Å². The van der Waals surface area contributed by atoms with Crippen molar-refractivity contribution in [3.05, 3.63) is 24.0 Å². The van der Waals surface area contributed by atoms with Gasteiger partial charge in [0.05, 0.1) is 17.6 Å². The number of aliphatic hydroxyl groups excluding tert-OH is 1. The average Bonchev–Trinajstić information content (AvgIpc) is 2.54. The fraction of sp³-hybridized carbons (Fsp3) is 0.300. The van der Waals surface area contributed by atoms with Gasteiger partial charge in [-0.1, -0.05) is 0 Å². The number of benzene rings is 1. The molecule has 1 heterocycles. The van der Waals surface area contributed by atoms with Gasteiger partial charge in [-0.25, -0.2) is 4.98 Å². The first kappa shape index (κ1) is 9.02. The third-order valence-electron chi connectivity index (χ3n) is 2.04. The molecule has 74 valence electrons. The maximum atomic E-state index is 8.66. The summed E-state index contributed by atoms with van der Waals surface area (Å²) in [5.74, 6) is 0.916. The largest absolute Gasteiger partial charge is 0.395 e. The van der Waals surface area contributed by atoms with E-state index in [2.05, 4.69) is 15.3 Å². The molecule has 4 heteroatoms. The van der Waals surface area contributed by atoms with Crippen LogP contribution in [0.3, 0.4) is 0 Å². The van der Waals surface area contributed by atoms with Crippen LogP contribution < -0.4 is 5.32 Å². The van der Waals surface area contributed by atoms with Gasteiger partial charge in [-0.2, -0.15) is 0 Å². The molecule has 0 spiro atoms. The zero-order valence-corrected chi connectivity index (χ0v) is 8.04. The lowest BCUT2D eigenvalue weighted by Crippen LogP contribution is -2.04. The molecule has 4 nitrogen and oxygen atoms in total. The molecule has 0 bridgehead atoms. The van der Waals surface area contributed by atoms with Crippen LogP contribution in [-0.4, -0.2) is 28.2 Å². The molecule has 0 aliphatic rings. The number of aliphatic hydroxyl groups is 1. The zero-order chi connectivity index (χ0) is 9.97. The van der Waals surface area contributed by atoms with Gasteiger partial charge in [0.2, 0.25) is 0 Å². The highest BCUT2D eigenvalue weighted by Gasteiger charge is 1.99. The summed E-state index contributed by atoms with van der Waals surface area (Å²) in [7, 11) is 0. The minimum absolute atomic E-state index is 0.139. The van der Waals surface area contributed by atoms with Gasteiger partial charge < -0.3 is 15.4 Å². The predicted octanol–water partition coefficient (Wildman–Crippen LogP) is 1.28. The Kier molecular flexibility index (Phi) is 2.37. The molecular formula is C10H13N3O. The highest BCUT2D eigenvalue weighted by atomic mass is 16.3. The van der Waals surface area contributed by atoms with Gasteiger partial charge in [0, 0.05) is 12.2 Å². The van der Waals surface area contributed by atoms with Gasteiger partial charge in [0.1, 0.15) is 5.82 Å². The Labute approximate surface area is 82.0 Å². The van der Waals surface area contributed by atoms with Crippen molar-refractivity contribution in [3.8, 4) is 0 Å². The van der Waals surface area contributed by atoms with E-state index in [0.717, 1.165) is 22.5 Å². The lowest BCUT2D eigenvalue weighted by Gasteiger charge is -2.02. The third-order valence-corrected chi connectivity index (χ3v) is 2.04. The fourth-order valence-corrected chi connectivity index (χ4v) is 1.45. The van der Waals surface area contributed by atoms with Crippen molar-refractivity contribution in [2.45, 2.75) is 6.92 Å². The molecule has 2 rings (SSSR count). The summed E-state index contributed by atoms with van der Waals surface area (Å²) in [4.78, 5) is 7.46. The Morgan fingerprint density at radius 3 is 3.14 bits per heavy atom. The molecule has 0 radical (unpaired) electrons. The second-order valence-electron chi connectivity index (χ2n) is 3.20. The van der Waals surface area contributed by atoms with Crippen molar-refractivity contribution < 1.29 is 5.11 Å². The Balaban J connectivity index is 2.31. The zero-order valence-electron chi connectivity index (χ0n) is 8.04. The number of aryl methyl sites for hydroxylation is 1. The second kappa shape index (κ2) is 3.67. The van der Waals surface area contributed by atoms with Crippen molar-refractivity contribution in [2.24, 2.45) is 0 Å². The number of aromatic nitrogens is 2. The first-order chi connectivity index (χ1) is 6.79. The molecule has 0 unspecified atom stereocenters. The number of rotatable bonds is 3. The summed E-state index contributed by atoms with van der Waals surface area (Å²) in [5, 5.41) is 11.8. The molecule has 0 saturated heterocycles. The lowest BCUT2D eigenvalue weighted by molar-refractivity contribution is 0.311. The van der Waals surface area contributed by atoms with Crippen molar-refractivity contribution >= 4 is 16.7 Å². The minimum Gasteiger partial charge on any atom is -0.395 e. The van der Waals surface area contributed by atoms with E-state index in [4.69, 9.17) is 5.11 Å². The molecule has 0 amide bonds. The van der Waals surface area contributed by atoms with Crippen LogP contribution in [0.5, 0.6) is 0 Å². The number of hydrogen-bond acceptors (Lipinski definition) is 3. The molecule has 0 fully saturated rings. The SMILES string of the molecule is Cc1nc2ccc(NCCO)cc2[nH]1. The molecule has 0 aliphatic carbocycles. The van der Waals surface area contributed by atoms with E-state index in [0.29, 0.717) is 6.54 Å². The second-order valence-corrected chi connectivity index (χ2v) is 3.20. The van der Waals surface area contributed by atoms with Gasteiger partial charge in [0.25, 0.3) is 0 Å². The number of H-pyrrole nitrogens is 1. The van der Waals surface area contributed by atoms with Crippen LogP contribution >= 0.6 is 0 Å². The van der Waals surface area contributed by atoms with E-state index in [1.807, 2.05) is 25.1 Å². The Morgan fingerprint density at radius 1 is 1.50 bits per heavy atom. The van der Waals surface area contributed by atoms with Crippen LogP contribution in [0.2, 0.25) is 0 Å². The summed E-state index contributed by atoms with van der Waals surface area (Å²) in [6.07, 6.45) is 0. The number of nitrogens with one attached hydrogen (secondary N) is 2. The summed E-state index contributed by atoms with van der Waals surface area (Å²) >= 11 is 0. The van der Waals surface area contributed by atoms with Gasteiger partial charge in [0.15, 0.2) is 0 Å². The Hall–Kier alpha value is -1.55. The highest BCUT2D eigenvalue weighted by Crippen LogP contribution is 2.16. The Morgan fingerprint density at radius 2 is 2.36 bits per heavy atom. The van der Waals surface area contributed by atoms with Gasteiger partial charge in [-0.15, -0.1) is 0 Å². The van der Waals surface area contributed by atoms with Crippen LogP contribution in [0.15, 0.2) is 18.2 Å². The van der Waals surface area contributed by atoms with E-state index in [1.165, 1.54) is 0 Å². The summed E-state index contributed by atoms with van der Waals surface area (Å²) in [6.45, 7) is 2.64. The molecule has 0 aliphatic heterocycles. The smallest absolute Gasteiger partial charge is 0.104 e. The molecule has 2 aromatic rings. The molecule has 0 saturated carbocycles. The molecular weight excluding hydrogens is 178 g/mol. The van der Waals surface area contributed by atoms with E-state index >= 15 is 0 Å². The first-order valence-electron chi connectivity index (χ1n) is 4.61. The molecule has 14 heavy (non-hydrogen) atoms. The number of nitrogens with zero attached hydrogens (tertiary/aromatic N) is 1. The van der Waals surface area contributed by atoms with E-state index in [9.17, 15) is 0 Å². The predicted molar refractivity (Wildman–Crippen MR) is 56.4 cm³/mol. The van der Waals surface area contributed by atoms with Crippen molar-refractivity contribution in [1.29, 1.82) is 0 Å². The Bertz CT molecular complexity index is 436. The van der Waals surface area contributed by atoms with Crippen molar-refractivity contribution in [3.63, 3.8) is 0 Å². The van der Waals surface area contributed by atoms with E-state index in [1.54, 1.807) is 0 Å². The molecule has 3 N–H and O–H groups in total. The van der Waals surface area contributed by atoms with Gasteiger partial charge in [-0.05, 0) is 25.1 Å². The van der Waals surface area contributed by atoms with Crippen LogP contribution in [-0.2, 0) is 0 Å². The van der Waals surface area contributed by atoms with Crippen LogP contribution in [0.25, 0.3) is 11.0 Å². The van der Waals surface area contributed by atoms with Gasteiger partial charge >= 0.3 is 0 Å². The maximum absolute atomic E-state index is 8.66. The average molecular weight is 191 g/mol. The van der Waals surface area contributed by atoms with Crippen LogP contribution in [0, 0.1) is 6.92 Å². The van der Waals surface area contributed by atoms with Crippen molar-refractivity contribution in [2.75, 3.05) is 18.5 Å². The number of fused-ring (bicyclic) bond motifs is 1. The van der Waals surface area contributed by atoms with Gasteiger partial charge in [-0.3, -0.25) is 0 Å². The third kappa shape index (κ3) is 1.70. The summed E-state index contributed by atoms with van der Waals surface area (Å²) in [6, 6.07) is 5.90. The molecule has 0 atom stereocenters. The highest BCUT2D eigenvalue weighted by molar-refractivity contribution is 5.79. The lowest BCUT2D eigenvalue weighted by atomic mass is 10.3. The quantitative estimate of drug-likeness (QED) is 0.684. The monoisotopic (exact) mass is 191 g/mol. The number of hydrogen-bond donors (Lipinski definition) is 3. The number of imidazole rings is 1. The number of anilines is 1. The van der Waals surface area contributed by atoms with Crippen LogP contribution in [0.4, 0.5) is 5.69 Å². The van der Waals surface area contributed by atoms with E-state index < -0.39 is 0 Å². The van der Waals surface area contributed by atoms with E-state index in [-0.39, 0.29) is 6.61 Å². The standard InChI is InChI=1S/C10H13N3O/c1-7-12-9-3-2-8(11-4-5-14)6-10(9)13-7/h2-3,6,11,14H,4-5H2,1H3,(H,12,13). The summed E-state index contributed by atoms with van der Waals surface area (Å²) in [5.41, 5.74) is 2.98. The summed E-state index contributed by atoms with van der Waals surface area (Å²) < 4.78 is 0. The topological polar surface area (TPSA) is 60.9 Å². The fourth-order valence-electron chi connectivity index (χ4n) is 1.45. The first-order valence-corrected chi connectivity index (χ1v) is 4.61. The normalized spacial score (nSPS) is 10.7. The number of aromatic amines is 1. The maximum Gasteiger partial charge on any atom is 0.104 e. The van der Waals surface area contributed by atoms with Crippen LogP contribution in [0.1, 0.15) is 5.82 Å². The minimum atomic E-state index is 0.139. The molecule has 1 aromatic heterocycles. The molecule has 1 aromatic carbocycles.